The summed E-state index contributed by atoms with van der Waals surface area (Å²) in [6.45, 7) is 1.78. The van der Waals surface area contributed by atoms with Crippen LogP contribution >= 0.6 is 7.75 Å². The number of halogens is 1. The Labute approximate surface area is 144 Å². The van der Waals surface area contributed by atoms with Crippen LogP contribution in [0.2, 0.25) is 0 Å². The number of pyridine rings is 1. The smallest absolute Gasteiger partial charge is 0.409 e. The molecule has 0 aromatic heterocycles. The number of aromatic nitrogens is 1. The summed E-state index contributed by atoms with van der Waals surface area (Å²) in [7, 11) is -0.730. The monoisotopic (exact) mass is 364 g/mol. The fourth-order valence-electron chi connectivity index (χ4n) is 2.50. The average molecular weight is 364 g/mol. The first-order chi connectivity index (χ1) is 11.9. The van der Waals surface area contributed by atoms with Crippen LogP contribution in [0.4, 0.5) is 4.39 Å². The van der Waals surface area contributed by atoms with Crippen LogP contribution in [0, 0.1) is 5.82 Å². The first-order valence-electron chi connectivity index (χ1n) is 7.72. The molecule has 6 nitrogen and oxygen atoms in total. The maximum atomic E-state index is 14.5. The summed E-state index contributed by atoms with van der Waals surface area (Å²) in [5.41, 5.74) is 0.345. The van der Waals surface area contributed by atoms with Gasteiger partial charge in [0.05, 0.1) is 17.9 Å². The van der Waals surface area contributed by atoms with Crippen LogP contribution in [0.15, 0.2) is 41.2 Å². The van der Waals surface area contributed by atoms with E-state index in [0.29, 0.717) is 5.52 Å². The zero-order chi connectivity index (χ0) is 18.2. The first kappa shape index (κ1) is 17.6. The highest BCUT2D eigenvalue weighted by molar-refractivity contribution is 7.51. The van der Waals surface area contributed by atoms with Crippen molar-refractivity contribution in [3.05, 3.63) is 52.4 Å². The van der Waals surface area contributed by atoms with Crippen LogP contribution < -0.4 is 9.95 Å². The molecule has 1 aliphatic carbocycles. The van der Waals surface area contributed by atoms with E-state index in [4.69, 9.17) is 9.05 Å². The summed E-state index contributed by atoms with van der Waals surface area (Å²) >= 11 is 0. The molecule has 132 valence electrons. The number of hydrogen-bond donors (Lipinski definition) is 1. The van der Waals surface area contributed by atoms with E-state index in [9.17, 15) is 13.8 Å². The molecule has 0 amide bonds. The van der Waals surface area contributed by atoms with Gasteiger partial charge in [0.2, 0.25) is 5.43 Å². The molecule has 1 N–H and O–H groups in total. The number of hydrogen-bond acceptors (Lipinski definition) is 4. The minimum absolute atomic E-state index is 0.0761. The second kappa shape index (κ2) is 6.59. The summed E-state index contributed by atoms with van der Waals surface area (Å²) in [6.07, 6.45) is 0. The molecule has 3 rings (SSSR count). The van der Waals surface area contributed by atoms with E-state index in [1.54, 1.807) is 25.1 Å². The average Bonchev–Trinajstić information content (AvgIpc) is 2.58. The van der Waals surface area contributed by atoms with Gasteiger partial charge in [0.25, 0.3) is 0 Å². The van der Waals surface area contributed by atoms with Crippen molar-refractivity contribution in [3.8, 4) is 17.0 Å². The van der Waals surface area contributed by atoms with Gasteiger partial charge in [0, 0.05) is 11.6 Å². The van der Waals surface area contributed by atoms with E-state index in [0.717, 1.165) is 11.5 Å². The first-order valence-corrected chi connectivity index (χ1v) is 9.21. The SMILES string of the molecule is CCOP(=O)(Oc1cc(F)c2[nH]c3ccccc3cc-2c1=O)N(C)C. The highest BCUT2D eigenvalue weighted by atomic mass is 31.2. The van der Waals surface area contributed by atoms with Gasteiger partial charge < -0.3 is 9.51 Å². The molecule has 0 saturated carbocycles. The van der Waals surface area contributed by atoms with Gasteiger partial charge in [0.1, 0.15) is 0 Å². The second-order valence-corrected chi connectivity index (χ2v) is 7.83. The van der Waals surface area contributed by atoms with Gasteiger partial charge in [-0.05, 0) is 38.5 Å². The Morgan fingerprint density at radius 1 is 1.24 bits per heavy atom. The van der Waals surface area contributed by atoms with E-state index in [-0.39, 0.29) is 23.6 Å². The summed E-state index contributed by atoms with van der Waals surface area (Å²) in [5.74, 6) is -1.02. The summed E-state index contributed by atoms with van der Waals surface area (Å²) in [5, 5.41) is 0.754. The van der Waals surface area contributed by atoms with E-state index in [2.05, 4.69) is 4.98 Å². The van der Waals surface area contributed by atoms with Crippen molar-refractivity contribution in [2.45, 2.75) is 6.92 Å². The van der Waals surface area contributed by atoms with Gasteiger partial charge in [-0.25, -0.2) is 13.6 Å². The fourth-order valence-corrected chi connectivity index (χ4v) is 3.66. The van der Waals surface area contributed by atoms with E-state index in [1.165, 1.54) is 18.8 Å². The molecule has 8 heteroatoms. The molecular formula is C17H18FN2O4P. The summed E-state index contributed by atoms with van der Waals surface area (Å²) in [6, 6.07) is 9.75. The zero-order valence-electron chi connectivity index (χ0n) is 14.1. The second-order valence-electron chi connectivity index (χ2n) is 5.66. The van der Waals surface area contributed by atoms with Crippen molar-refractivity contribution in [1.82, 2.24) is 9.65 Å². The Morgan fingerprint density at radius 2 is 1.96 bits per heavy atom. The van der Waals surface area contributed by atoms with Crippen molar-refractivity contribution >= 4 is 18.6 Å². The van der Waals surface area contributed by atoms with Crippen molar-refractivity contribution in [3.63, 3.8) is 0 Å². The number of aromatic amines is 1. The Bertz CT molecular complexity index is 1000. The van der Waals surface area contributed by atoms with Crippen LogP contribution in [0.5, 0.6) is 5.75 Å². The molecule has 25 heavy (non-hydrogen) atoms. The molecule has 1 heterocycles. The molecule has 2 aliphatic rings. The number of benzene rings is 2. The predicted octanol–water partition coefficient (Wildman–Crippen LogP) is 3.86. The van der Waals surface area contributed by atoms with Crippen molar-refractivity contribution < 1.29 is 18.0 Å². The molecular weight excluding hydrogens is 346 g/mol. The Kier molecular flexibility index (Phi) is 4.64. The highest BCUT2D eigenvalue weighted by Gasteiger charge is 2.31. The molecule has 0 fully saturated rings. The molecule has 0 bridgehead atoms. The van der Waals surface area contributed by atoms with Gasteiger partial charge in [-0.1, -0.05) is 18.2 Å². The van der Waals surface area contributed by atoms with Crippen LogP contribution in [0.3, 0.4) is 0 Å². The number of nitrogens with one attached hydrogen (secondary N) is 1. The molecule has 0 spiro atoms. The quantitative estimate of drug-likeness (QED) is 0.550. The van der Waals surface area contributed by atoms with Gasteiger partial charge in [-0.3, -0.25) is 9.32 Å². The Morgan fingerprint density at radius 3 is 2.64 bits per heavy atom. The predicted molar refractivity (Wildman–Crippen MR) is 94.7 cm³/mol. The van der Waals surface area contributed by atoms with Gasteiger partial charge >= 0.3 is 7.75 Å². The highest BCUT2D eigenvalue weighted by Crippen LogP contribution is 2.49. The Hall–Kier alpha value is -2.21. The zero-order valence-corrected chi connectivity index (χ0v) is 15.0. The lowest BCUT2D eigenvalue weighted by molar-refractivity contribution is 0.238. The normalized spacial score (nSPS) is 14.1. The third-order valence-electron chi connectivity index (χ3n) is 3.75. The molecule has 0 radical (unpaired) electrons. The van der Waals surface area contributed by atoms with Crippen LogP contribution in [-0.2, 0) is 9.09 Å². The molecule has 1 aromatic carbocycles. The molecule has 1 unspecified atom stereocenters. The van der Waals surface area contributed by atoms with Gasteiger partial charge in [-0.2, -0.15) is 0 Å². The van der Waals surface area contributed by atoms with E-state index < -0.39 is 19.0 Å². The van der Waals surface area contributed by atoms with E-state index >= 15 is 0 Å². The fraction of sp³-hybridized carbons (Fsp3) is 0.235. The van der Waals surface area contributed by atoms with Gasteiger partial charge in [0.15, 0.2) is 11.6 Å². The number of rotatable bonds is 5. The number of para-hydroxylation sites is 1. The van der Waals surface area contributed by atoms with Crippen LogP contribution in [0.25, 0.3) is 22.2 Å². The molecule has 1 aliphatic heterocycles. The van der Waals surface area contributed by atoms with Crippen LogP contribution in [-0.4, -0.2) is 30.4 Å². The van der Waals surface area contributed by atoms with Crippen LogP contribution in [0.1, 0.15) is 6.92 Å². The molecule has 1 atom stereocenters. The third kappa shape index (κ3) is 3.18. The lowest BCUT2D eigenvalue weighted by Gasteiger charge is -2.23. The molecule has 1 aromatic rings. The van der Waals surface area contributed by atoms with Crippen molar-refractivity contribution in [1.29, 1.82) is 0 Å². The standard InChI is InChI=1S/C17H18FN2O4P/c1-4-23-25(22,20(2)3)24-15-10-13(18)16-12(17(15)21)9-11-7-5-6-8-14(11)19-16/h5-10,19H,4H2,1-3H3. The number of fused-ring (bicyclic) bond motifs is 2. The molecule has 0 saturated heterocycles. The number of nitrogens with zero attached hydrogens (tertiary/aromatic N) is 1. The lowest BCUT2D eigenvalue weighted by Crippen LogP contribution is -2.19. The maximum absolute atomic E-state index is 14.5. The van der Waals surface area contributed by atoms with Crippen molar-refractivity contribution in [2.75, 3.05) is 20.7 Å². The summed E-state index contributed by atoms with van der Waals surface area (Å²) in [4.78, 5) is 15.6. The largest absolute Gasteiger partial charge is 0.460 e. The topological polar surface area (TPSA) is 71.6 Å². The van der Waals surface area contributed by atoms with Crippen molar-refractivity contribution in [2.24, 2.45) is 0 Å². The lowest BCUT2D eigenvalue weighted by atomic mass is 10.0. The Balaban J connectivity index is 2.19. The summed E-state index contributed by atoms with van der Waals surface area (Å²) < 4.78 is 39.0. The number of H-pyrrole nitrogens is 1. The minimum Gasteiger partial charge on any atom is -0.409 e. The van der Waals surface area contributed by atoms with Gasteiger partial charge in [-0.15, -0.1) is 0 Å². The third-order valence-corrected chi connectivity index (χ3v) is 5.74. The van der Waals surface area contributed by atoms with E-state index in [1.807, 2.05) is 12.1 Å². The maximum Gasteiger partial charge on any atom is 0.460 e. The minimum atomic E-state index is -3.73.